The summed E-state index contributed by atoms with van der Waals surface area (Å²) in [6.07, 6.45) is 0. The monoisotopic (exact) mass is 286 g/mol. The molecule has 0 saturated heterocycles. The highest BCUT2D eigenvalue weighted by molar-refractivity contribution is 5.97. The highest BCUT2D eigenvalue weighted by Crippen LogP contribution is 2.29. The minimum atomic E-state index is -0.357. The van der Waals surface area contributed by atoms with Crippen molar-refractivity contribution in [1.29, 1.82) is 0 Å². The van der Waals surface area contributed by atoms with Crippen LogP contribution in [0.5, 0.6) is 11.5 Å². The first-order valence-corrected chi connectivity index (χ1v) is 6.57. The number of carbonyl (C=O) groups excluding carboxylic acids is 1. The number of para-hydroxylation sites is 1. The summed E-state index contributed by atoms with van der Waals surface area (Å²) in [5.74, 6) is -0.245. The van der Waals surface area contributed by atoms with Crippen LogP contribution in [-0.4, -0.2) is 18.1 Å². The van der Waals surface area contributed by atoms with Gasteiger partial charge in [0.05, 0.1) is 12.7 Å². The van der Waals surface area contributed by atoms with Crippen molar-refractivity contribution in [3.8, 4) is 11.5 Å². The molecule has 0 aliphatic rings. The van der Waals surface area contributed by atoms with Gasteiger partial charge in [-0.1, -0.05) is 30.3 Å². The van der Waals surface area contributed by atoms with Crippen LogP contribution >= 0.6 is 0 Å². The van der Waals surface area contributed by atoms with E-state index >= 15 is 0 Å². The molecule has 0 spiro atoms. The molecule has 2 aromatic rings. The SMILES string of the molecule is COc1cccc(C(=O)NCc2cccc(CN)c2)c1O. The lowest BCUT2D eigenvalue weighted by atomic mass is 10.1. The lowest BCUT2D eigenvalue weighted by molar-refractivity contribution is 0.0947. The number of nitrogens with two attached hydrogens (primary N) is 1. The summed E-state index contributed by atoms with van der Waals surface area (Å²) >= 11 is 0. The Morgan fingerprint density at radius 1 is 1.24 bits per heavy atom. The van der Waals surface area contributed by atoms with Gasteiger partial charge in [0.15, 0.2) is 11.5 Å². The van der Waals surface area contributed by atoms with E-state index in [1.807, 2.05) is 24.3 Å². The molecule has 2 aromatic carbocycles. The van der Waals surface area contributed by atoms with Crippen LogP contribution in [0.3, 0.4) is 0 Å². The van der Waals surface area contributed by atoms with Crippen LogP contribution in [-0.2, 0) is 13.1 Å². The normalized spacial score (nSPS) is 10.2. The smallest absolute Gasteiger partial charge is 0.255 e. The van der Waals surface area contributed by atoms with Crippen LogP contribution < -0.4 is 15.8 Å². The fraction of sp³-hybridized carbons (Fsp3) is 0.188. The van der Waals surface area contributed by atoms with Crippen molar-refractivity contribution in [3.63, 3.8) is 0 Å². The summed E-state index contributed by atoms with van der Waals surface area (Å²) < 4.78 is 4.98. The van der Waals surface area contributed by atoms with E-state index in [4.69, 9.17) is 10.5 Å². The number of aromatic hydroxyl groups is 1. The standard InChI is InChI=1S/C16H18N2O3/c1-21-14-7-3-6-13(15(14)19)16(20)18-10-12-5-2-4-11(8-12)9-17/h2-8,19H,9-10,17H2,1H3,(H,18,20). The van der Waals surface area contributed by atoms with Gasteiger partial charge >= 0.3 is 0 Å². The molecule has 2 rings (SSSR count). The van der Waals surface area contributed by atoms with Crippen LogP contribution in [0.4, 0.5) is 0 Å². The van der Waals surface area contributed by atoms with Crippen molar-refractivity contribution in [3.05, 3.63) is 59.2 Å². The molecule has 0 aliphatic heterocycles. The predicted octanol–water partition coefficient (Wildman–Crippen LogP) is 1.79. The number of amides is 1. The average Bonchev–Trinajstić information content (AvgIpc) is 2.53. The number of phenols is 1. The topological polar surface area (TPSA) is 84.6 Å². The van der Waals surface area contributed by atoms with Crippen LogP contribution in [0.25, 0.3) is 0 Å². The minimum absolute atomic E-state index is 0.159. The van der Waals surface area contributed by atoms with Gasteiger partial charge in [-0.15, -0.1) is 0 Å². The van der Waals surface area contributed by atoms with Crippen molar-refractivity contribution < 1.29 is 14.6 Å². The number of nitrogens with one attached hydrogen (secondary N) is 1. The molecule has 0 aliphatic carbocycles. The Balaban J connectivity index is 2.08. The van der Waals surface area contributed by atoms with Crippen LogP contribution in [0.15, 0.2) is 42.5 Å². The van der Waals surface area contributed by atoms with Crippen LogP contribution in [0.1, 0.15) is 21.5 Å². The molecular formula is C16H18N2O3. The van der Waals surface area contributed by atoms with Crippen molar-refractivity contribution in [1.82, 2.24) is 5.32 Å². The maximum Gasteiger partial charge on any atom is 0.255 e. The Kier molecular flexibility index (Phi) is 4.79. The largest absolute Gasteiger partial charge is 0.504 e. The molecule has 0 saturated carbocycles. The summed E-state index contributed by atoms with van der Waals surface area (Å²) in [6, 6.07) is 12.5. The maximum atomic E-state index is 12.1. The molecule has 0 unspecified atom stereocenters. The van der Waals surface area contributed by atoms with E-state index in [9.17, 15) is 9.90 Å². The van der Waals surface area contributed by atoms with Crippen molar-refractivity contribution in [2.24, 2.45) is 5.73 Å². The molecule has 4 N–H and O–H groups in total. The number of benzene rings is 2. The molecule has 0 atom stereocenters. The molecule has 5 nitrogen and oxygen atoms in total. The third-order valence-corrected chi connectivity index (χ3v) is 3.14. The number of carbonyl (C=O) groups is 1. The maximum absolute atomic E-state index is 12.1. The molecule has 0 heterocycles. The molecule has 0 bridgehead atoms. The highest BCUT2D eigenvalue weighted by Gasteiger charge is 2.14. The fourth-order valence-corrected chi connectivity index (χ4v) is 2.01. The van der Waals surface area contributed by atoms with Gasteiger partial charge in [0.2, 0.25) is 0 Å². The van der Waals surface area contributed by atoms with Gasteiger partial charge in [-0.3, -0.25) is 4.79 Å². The molecule has 1 amide bonds. The number of rotatable bonds is 5. The van der Waals surface area contributed by atoms with Crippen molar-refractivity contribution >= 4 is 5.91 Å². The third-order valence-electron chi connectivity index (χ3n) is 3.14. The van der Waals surface area contributed by atoms with Gasteiger partial charge in [0.25, 0.3) is 5.91 Å². The molecular weight excluding hydrogens is 268 g/mol. The fourth-order valence-electron chi connectivity index (χ4n) is 2.01. The summed E-state index contributed by atoms with van der Waals surface area (Å²) in [5, 5.41) is 12.7. The first kappa shape index (κ1) is 14.9. The Hall–Kier alpha value is -2.53. The molecule has 0 radical (unpaired) electrons. The van der Waals surface area contributed by atoms with E-state index in [0.29, 0.717) is 13.1 Å². The van der Waals surface area contributed by atoms with Crippen LogP contribution in [0.2, 0.25) is 0 Å². The minimum Gasteiger partial charge on any atom is -0.504 e. The lowest BCUT2D eigenvalue weighted by Crippen LogP contribution is -2.23. The Morgan fingerprint density at radius 3 is 2.67 bits per heavy atom. The summed E-state index contributed by atoms with van der Waals surface area (Å²) in [4.78, 5) is 12.1. The van der Waals surface area contributed by atoms with Gasteiger partial charge in [0, 0.05) is 13.1 Å². The van der Waals surface area contributed by atoms with Gasteiger partial charge in [-0.05, 0) is 23.3 Å². The van der Waals surface area contributed by atoms with Crippen molar-refractivity contribution in [2.45, 2.75) is 13.1 Å². The molecule has 0 aromatic heterocycles. The van der Waals surface area contributed by atoms with Crippen molar-refractivity contribution in [2.75, 3.05) is 7.11 Å². The zero-order valence-corrected chi connectivity index (χ0v) is 11.8. The second-order valence-corrected chi connectivity index (χ2v) is 4.56. The summed E-state index contributed by atoms with van der Waals surface area (Å²) in [5.41, 5.74) is 7.73. The second kappa shape index (κ2) is 6.76. The first-order valence-electron chi connectivity index (χ1n) is 6.57. The number of methoxy groups -OCH3 is 1. The summed E-state index contributed by atoms with van der Waals surface area (Å²) in [7, 11) is 1.44. The van der Waals surface area contributed by atoms with Crippen LogP contribution in [0, 0.1) is 0 Å². The number of hydrogen-bond donors (Lipinski definition) is 3. The lowest BCUT2D eigenvalue weighted by Gasteiger charge is -2.10. The Labute approximate surface area is 123 Å². The van der Waals surface area contributed by atoms with Gasteiger partial charge in [-0.25, -0.2) is 0 Å². The number of hydrogen-bond acceptors (Lipinski definition) is 4. The predicted molar refractivity (Wildman–Crippen MR) is 80.2 cm³/mol. The number of ether oxygens (including phenoxy) is 1. The second-order valence-electron chi connectivity index (χ2n) is 4.56. The Morgan fingerprint density at radius 2 is 1.95 bits per heavy atom. The van der Waals surface area contributed by atoms with E-state index < -0.39 is 0 Å². The molecule has 5 heteroatoms. The highest BCUT2D eigenvalue weighted by atomic mass is 16.5. The average molecular weight is 286 g/mol. The van der Waals surface area contributed by atoms with E-state index in [1.165, 1.54) is 7.11 Å². The van der Waals surface area contributed by atoms with Gasteiger partial charge in [0.1, 0.15) is 0 Å². The van der Waals surface area contributed by atoms with Gasteiger partial charge in [-0.2, -0.15) is 0 Å². The van der Waals surface area contributed by atoms with Gasteiger partial charge < -0.3 is 20.9 Å². The number of phenolic OH excluding ortho intramolecular Hbond substituents is 1. The summed E-state index contributed by atoms with van der Waals surface area (Å²) in [6.45, 7) is 0.821. The third kappa shape index (κ3) is 3.52. The van der Waals surface area contributed by atoms with E-state index in [0.717, 1.165) is 11.1 Å². The van der Waals surface area contributed by atoms with E-state index in [1.54, 1.807) is 18.2 Å². The molecule has 21 heavy (non-hydrogen) atoms. The zero-order valence-electron chi connectivity index (χ0n) is 11.8. The van der Waals surface area contributed by atoms with E-state index in [2.05, 4.69) is 5.32 Å². The first-order chi connectivity index (χ1) is 10.2. The van der Waals surface area contributed by atoms with E-state index in [-0.39, 0.29) is 23.0 Å². The molecule has 110 valence electrons. The quantitative estimate of drug-likeness (QED) is 0.782. The Bertz CT molecular complexity index is 641. The molecule has 0 fully saturated rings. The zero-order chi connectivity index (χ0) is 15.2.